The number of benzene rings is 1. The van der Waals surface area contributed by atoms with Gasteiger partial charge >= 0.3 is 5.97 Å². The minimum Gasteiger partial charge on any atom is -0.465 e. The van der Waals surface area contributed by atoms with Crippen LogP contribution in [0, 0.1) is 0 Å². The second kappa shape index (κ2) is 7.71. The fourth-order valence-electron chi connectivity index (χ4n) is 3.35. The van der Waals surface area contributed by atoms with Crippen molar-refractivity contribution >= 4 is 22.8 Å². The first-order chi connectivity index (χ1) is 13.3. The lowest BCUT2D eigenvalue weighted by Crippen LogP contribution is -2.48. The van der Waals surface area contributed by atoms with Gasteiger partial charge in [0.1, 0.15) is 12.1 Å². The summed E-state index contributed by atoms with van der Waals surface area (Å²) in [5.74, 6) is 0.720. The summed E-state index contributed by atoms with van der Waals surface area (Å²) in [7, 11) is 0. The molecule has 8 nitrogen and oxygen atoms in total. The molecule has 0 saturated carbocycles. The van der Waals surface area contributed by atoms with Crippen LogP contribution in [-0.2, 0) is 9.53 Å². The minimum absolute atomic E-state index is 0.167. The maximum absolute atomic E-state index is 11.7. The number of hydrogen-bond acceptors (Lipinski definition) is 7. The lowest BCUT2D eigenvalue weighted by Gasteiger charge is -2.34. The monoisotopic (exact) mass is 366 g/mol. The molecule has 1 aliphatic heterocycles. The maximum Gasteiger partial charge on any atom is 0.320 e. The van der Waals surface area contributed by atoms with E-state index in [0.29, 0.717) is 13.2 Å². The third-order valence-electron chi connectivity index (χ3n) is 4.68. The summed E-state index contributed by atoms with van der Waals surface area (Å²) in [6.07, 6.45) is 3.41. The summed E-state index contributed by atoms with van der Waals surface area (Å²) in [6.45, 7) is 5.75. The lowest BCUT2D eigenvalue weighted by atomic mass is 10.2. The van der Waals surface area contributed by atoms with Crippen molar-refractivity contribution in [2.75, 3.05) is 44.2 Å². The maximum atomic E-state index is 11.7. The molecule has 1 fully saturated rings. The summed E-state index contributed by atoms with van der Waals surface area (Å²) in [6, 6.07) is 9.94. The van der Waals surface area contributed by atoms with Gasteiger partial charge in [-0.15, -0.1) is 0 Å². The molecule has 1 aromatic carbocycles. The summed E-state index contributed by atoms with van der Waals surface area (Å²) in [5.41, 5.74) is 1.76. The van der Waals surface area contributed by atoms with Gasteiger partial charge in [-0.25, -0.2) is 14.6 Å². The zero-order valence-corrected chi connectivity index (χ0v) is 15.3. The number of fused-ring (bicyclic) bond motifs is 1. The average Bonchev–Trinajstić information content (AvgIpc) is 3.14. The van der Waals surface area contributed by atoms with E-state index in [0.717, 1.165) is 48.7 Å². The van der Waals surface area contributed by atoms with Crippen molar-refractivity contribution in [3.63, 3.8) is 0 Å². The highest BCUT2D eigenvalue weighted by Crippen LogP contribution is 2.25. The molecular formula is C19H22N6O2. The first-order valence-corrected chi connectivity index (χ1v) is 9.13. The molecule has 0 aliphatic carbocycles. The highest BCUT2D eigenvalue weighted by Gasteiger charge is 2.23. The molecule has 0 atom stereocenters. The lowest BCUT2D eigenvalue weighted by molar-refractivity contribution is -0.144. The van der Waals surface area contributed by atoms with Crippen LogP contribution in [0.4, 0.5) is 5.82 Å². The van der Waals surface area contributed by atoms with Crippen LogP contribution < -0.4 is 4.90 Å². The number of anilines is 1. The number of hydrogen-bond donors (Lipinski definition) is 0. The number of carbonyl (C=O) groups excluding carboxylic acids is 1. The highest BCUT2D eigenvalue weighted by molar-refractivity contribution is 5.87. The average molecular weight is 366 g/mol. The first kappa shape index (κ1) is 17.4. The van der Waals surface area contributed by atoms with Crippen LogP contribution in [0.3, 0.4) is 0 Å². The Hall–Kier alpha value is -3.00. The largest absolute Gasteiger partial charge is 0.465 e. The Morgan fingerprint density at radius 3 is 2.63 bits per heavy atom. The van der Waals surface area contributed by atoms with Crippen LogP contribution in [0.2, 0.25) is 0 Å². The molecule has 1 aliphatic rings. The number of piperazine rings is 1. The van der Waals surface area contributed by atoms with Gasteiger partial charge in [0, 0.05) is 26.2 Å². The van der Waals surface area contributed by atoms with Crippen LogP contribution in [0.15, 0.2) is 42.9 Å². The molecule has 0 amide bonds. The zero-order chi connectivity index (χ0) is 18.6. The molecule has 0 N–H and O–H groups in total. The van der Waals surface area contributed by atoms with Crippen molar-refractivity contribution in [1.29, 1.82) is 0 Å². The molecule has 4 rings (SSSR count). The summed E-state index contributed by atoms with van der Waals surface area (Å²) in [4.78, 5) is 24.9. The predicted octanol–water partition coefficient (Wildman–Crippen LogP) is 1.50. The topological polar surface area (TPSA) is 76.4 Å². The molecule has 0 spiro atoms. The van der Waals surface area contributed by atoms with Crippen LogP contribution >= 0.6 is 0 Å². The normalized spacial score (nSPS) is 15.2. The number of ether oxygens (including phenoxy) is 1. The van der Waals surface area contributed by atoms with E-state index >= 15 is 0 Å². The molecule has 2 aromatic heterocycles. The molecule has 1 saturated heterocycles. The molecule has 0 bridgehead atoms. The van der Waals surface area contributed by atoms with Gasteiger partial charge in [0.2, 0.25) is 0 Å². The van der Waals surface area contributed by atoms with Crippen LogP contribution in [0.25, 0.3) is 16.7 Å². The van der Waals surface area contributed by atoms with E-state index in [9.17, 15) is 4.79 Å². The van der Waals surface area contributed by atoms with Gasteiger partial charge in [-0.05, 0) is 19.1 Å². The molecule has 0 radical (unpaired) electrons. The third kappa shape index (κ3) is 3.61. The van der Waals surface area contributed by atoms with Gasteiger partial charge < -0.3 is 9.64 Å². The Balaban J connectivity index is 1.52. The molecular weight excluding hydrogens is 344 g/mol. The SMILES string of the molecule is CCOC(=O)CN1CCN(c2ncnc3c2cnn3-c2ccccc2)CC1. The third-order valence-corrected chi connectivity index (χ3v) is 4.68. The number of esters is 1. The molecule has 8 heteroatoms. The summed E-state index contributed by atoms with van der Waals surface area (Å²) >= 11 is 0. The fraction of sp³-hybridized carbons (Fsp3) is 0.368. The number of aromatic nitrogens is 4. The number of para-hydroxylation sites is 1. The van der Waals surface area contributed by atoms with Gasteiger partial charge in [0.05, 0.1) is 30.4 Å². The van der Waals surface area contributed by atoms with Crippen molar-refractivity contribution in [2.24, 2.45) is 0 Å². The molecule has 3 aromatic rings. The quantitative estimate of drug-likeness (QED) is 0.633. The van der Waals surface area contributed by atoms with Crippen LogP contribution in [-0.4, -0.2) is 69.9 Å². The van der Waals surface area contributed by atoms with Gasteiger partial charge in [-0.1, -0.05) is 18.2 Å². The van der Waals surface area contributed by atoms with E-state index in [4.69, 9.17) is 4.74 Å². The van der Waals surface area contributed by atoms with Crippen molar-refractivity contribution in [3.8, 4) is 5.69 Å². The Labute approximate surface area is 157 Å². The highest BCUT2D eigenvalue weighted by atomic mass is 16.5. The van der Waals surface area contributed by atoms with Gasteiger partial charge in [-0.3, -0.25) is 9.69 Å². The molecule has 140 valence electrons. The Kier molecular flexibility index (Phi) is 4.97. The van der Waals surface area contributed by atoms with Crippen LogP contribution in [0.5, 0.6) is 0 Å². The van der Waals surface area contributed by atoms with Crippen molar-refractivity contribution < 1.29 is 9.53 Å². The second-order valence-corrected chi connectivity index (χ2v) is 6.39. The Bertz CT molecular complexity index is 918. The van der Waals surface area contributed by atoms with E-state index in [1.807, 2.05) is 48.1 Å². The van der Waals surface area contributed by atoms with Crippen molar-refractivity contribution in [3.05, 3.63) is 42.9 Å². The summed E-state index contributed by atoms with van der Waals surface area (Å²) < 4.78 is 6.86. The Morgan fingerprint density at radius 2 is 1.89 bits per heavy atom. The number of nitrogens with zero attached hydrogens (tertiary/aromatic N) is 6. The van der Waals surface area contributed by atoms with Crippen LogP contribution in [0.1, 0.15) is 6.92 Å². The number of rotatable bonds is 5. The predicted molar refractivity (Wildman–Crippen MR) is 102 cm³/mol. The van der Waals surface area contributed by atoms with Gasteiger partial charge in [-0.2, -0.15) is 5.10 Å². The van der Waals surface area contributed by atoms with Crippen molar-refractivity contribution in [1.82, 2.24) is 24.6 Å². The van der Waals surface area contributed by atoms with E-state index in [1.165, 1.54) is 0 Å². The molecule has 27 heavy (non-hydrogen) atoms. The van der Waals surface area contributed by atoms with E-state index in [-0.39, 0.29) is 5.97 Å². The summed E-state index contributed by atoms with van der Waals surface area (Å²) in [5, 5.41) is 5.44. The fourth-order valence-corrected chi connectivity index (χ4v) is 3.35. The van der Waals surface area contributed by atoms with Crippen molar-refractivity contribution in [2.45, 2.75) is 6.92 Å². The van der Waals surface area contributed by atoms with E-state index < -0.39 is 0 Å². The van der Waals surface area contributed by atoms with Gasteiger partial charge in [0.15, 0.2) is 5.65 Å². The number of carbonyl (C=O) groups is 1. The molecule has 0 unspecified atom stereocenters. The van der Waals surface area contributed by atoms with E-state index in [1.54, 1.807) is 6.33 Å². The smallest absolute Gasteiger partial charge is 0.320 e. The second-order valence-electron chi connectivity index (χ2n) is 6.39. The van der Waals surface area contributed by atoms with E-state index in [2.05, 4.69) is 24.9 Å². The minimum atomic E-state index is -0.167. The van der Waals surface area contributed by atoms with Gasteiger partial charge in [0.25, 0.3) is 0 Å². The standard InChI is InChI=1S/C19H22N6O2/c1-2-27-17(26)13-23-8-10-24(11-9-23)18-16-12-22-25(19(16)21-14-20-18)15-6-4-3-5-7-15/h3-7,12,14H,2,8-11,13H2,1H3. The zero-order valence-electron chi connectivity index (χ0n) is 15.3. The molecule has 3 heterocycles. The first-order valence-electron chi connectivity index (χ1n) is 9.13. The Morgan fingerprint density at radius 1 is 1.11 bits per heavy atom.